The highest BCUT2D eigenvalue weighted by Gasteiger charge is 2.23. The monoisotopic (exact) mass is 381 g/mol. The Morgan fingerprint density at radius 3 is 2.72 bits per heavy atom. The van der Waals surface area contributed by atoms with Crippen LogP contribution in [0.5, 0.6) is 11.5 Å². The summed E-state index contributed by atoms with van der Waals surface area (Å²) in [4.78, 5) is 13.5. The number of carbonyl (C=O) groups is 1. The molecule has 0 fully saturated rings. The van der Waals surface area contributed by atoms with Crippen LogP contribution in [0.2, 0.25) is 10.0 Å². The van der Waals surface area contributed by atoms with Crippen LogP contribution in [0.15, 0.2) is 36.4 Å². The van der Waals surface area contributed by atoms with Gasteiger partial charge in [0.2, 0.25) is 6.79 Å². The fourth-order valence-electron chi connectivity index (χ4n) is 2.57. The molecule has 1 aliphatic rings. The Morgan fingerprint density at radius 1 is 1.20 bits per heavy atom. The van der Waals surface area contributed by atoms with Gasteiger partial charge in [0.1, 0.15) is 6.54 Å². The molecule has 0 saturated heterocycles. The first-order chi connectivity index (χ1) is 11.9. The maximum Gasteiger partial charge on any atom is 0.282 e. The number of halogens is 2. The molecule has 2 atom stereocenters. The van der Waals surface area contributed by atoms with Crippen molar-refractivity contribution in [3.05, 3.63) is 52.0 Å². The number of carbonyl (C=O) groups excluding carboxylic acids is 1. The summed E-state index contributed by atoms with van der Waals surface area (Å²) in [6.45, 7) is 2.70. The summed E-state index contributed by atoms with van der Waals surface area (Å²) in [6.07, 6.45) is 0. The van der Waals surface area contributed by atoms with E-state index in [-0.39, 0.29) is 18.7 Å². The molecule has 1 aliphatic heterocycles. The van der Waals surface area contributed by atoms with Crippen molar-refractivity contribution >= 4 is 34.8 Å². The first-order valence-corrected chi connectivity index (χ1v) is 8.66. The molecule has 1 heterocycles. The molecule has 1 unspecified atom stereocenters. The second-order valence-electron chi connectivity index (χ2n) is 6.04. The zero-order valence-corrected chi connectivity index (χ0v) is 15.4. The summed E-state index contributed by atoms with van der Waals surface area (Å²) in [5, 5.41) is 4.12. The van der Waals surface area contributed by atoms with E-state index in [1.807, 2.05) is 20.0 Å². The summed E-state index contributed by atoms with van der Waals surface area (Å²) in [5.41, 5.74) is 1.63. The molecule has 132 valence electrons. The Morgan fingerprint density at radius 2 is 1.96 bits per heavy atom. The number of nitrogens with one attached hydrogen (secondary N) is 2. The molecule has 5 nitrogen and oxygen atoms in total. The molecular weight excluding hydrogens is 363 g/mol. The van der Waals surface area contributed by atoms with E-state index in [4.69, 9.17) is 32.7 Å². The second-order valence-corrected chi connectivity index (χ2v) is 6.88. The normalized spacial score (nSPS) is 14.9. The van der Waals surface area contributed by atoms with Crippen molar-refractivity contribution in [3.63, 3.8) is 0 Å². The van der Waals surface area contributed by atoms with Gasteiger partial charge in [-0.1, -0.05) is 29.3 Å². The molecule has 0 aliphatic carbocycles. The van der Waals surface area contributed by atoms with Crippen LogP contribution in [0.25, 0.3) is 0 Å². The number of rotatable bonds is 5. The van der Waals surface area contributed by atoms with Gasteiger partial charge < -0.3 is 19.7 Å². The van der Waals surface area contributed by atoms with E-state index >= 15 is 0 Å². The molecule has 2 aromatic rings. The Kier molecular flexibility index (Phi) is 5.37. The van der Waals surface area contributed by atoms with E-state index in [9.17, 15) is 4.79 Å². The molecule has 0 spiro atoms. The molecule has 2 aromatic carbocycles. The molecular formula is C18H19Cl2N2O3+. The van der Waals surface area contributed by atoms with Crippen LogP contribution in [0.1, 0.15) is 12.5 Å². The van der Waals surface area contributed by atoms with Crippen LogP contribution in [0, 0.1) is 0 Å². The van der Waals surface area contributed by atoms with Crippen molar-refractivity contribution in [1.82, 2.24) is 0 Å². The average molecular weight is 382 g/mol. The minimum absolute atomic E-state index is 0.0820. The quantitative estimate of drug-likeness (QED) is 0.836. The minimum Gasteiger partial charge on any atom is -0.454 e. The number of quaternary nitrogens is 1. The molecule has 25 heavy (non-hydrogen) atoms. The maximum atomic E-state index is 12.5. The van der Waals surface area contributed by atoms with Gasteiger partial charge in [-0.2, -0.15) is 0 Å². The van der Waals surface area contributed by atoms with Crippen molar-refractivity contribution < 1.29 is 19.2 Å². The van der Waals surface area contributed by atoms with Crippen LogP contribution in [-0.4, -0.2) is 25.8 Å². The predicted molar refractivity (Wildman–Crippen MR) is 97.7 cm³/mol. The molecule has 0 saturated carbocycles. The number of amides is 1. The van der Waals surface area contributed by atoms with Gasteiger partial charge in [-0.05, 0) is 31.2 Å². The van der Waals surface area contributed by atoms with Gasteiger partial charge in [0.05, 0.1) is 12.1 Å². The number of ether oxygens (including phenoxy) is 2. The Balaban J connectivity index is 1.63. The fraction of sp³-hybridized carbons (Fsp3) is 0.278. The number of benzene rings is 2. The summed E-state index contributed by atoms with van der Waals surface area (Å²) in [6, 6.07) is 10.5. The molecule has 3 rings (SSSR count). The topological polar surface area (TPSA) is 52.0 Å². The summed E-state index contributed by atoms with van der Waals surface area (Å²) < 4.78 is 10.6. The van der Waals surface area contributed by atoms with Gasteiger partial charge in [-0.25, -0.2) is 0 Å². The van der Waals surface area contributed by atoms with Crippen LogP contribution >= 0.6 is 23.2 Å². The zero-order chi connectivity index (χ0) is 18.0. The first-order valence-electron chi connectivity index (χ1n) is 7.91. The Bertz CT molecular complexity index is 798. The van der Waals surface area contributed by atoms with E-state index in [2.05, 4.69) is 5.32 Å². The number of hydrogen-bond donors (Lipinski definition) is 2. The van der Waals surface area contributed by atoms with Gasteiger partial charge in [0.25, 0.3) is 5.91 Å². The lowest BCUT2D eigenvalue weighted by Crippen LogP contribution is -3.12. The largest absolute Gasteiger partial charge is 0.454 e. The Labute approximate surface area is 156 Å². The second kappa shape index (κ2) is 7.52. The van der Waals surface area contributed by atoms with Gasteiger partial charge in [-0.3, -0.25) is 4.79 Å². The van der Waals surface area contributed by atoms with Crippen molar-refractivity contribution in [1.29, 1.82) is 0 Å². The maximum absolute atomic E-state index is 12.5. The van der Waals surface area contributed by atoms with Crippen molar-refractivity contribution in [3.8, 4) is 11.5 Å². The van der Waals surface area contributed by atoms with Gasteiger partial charge in [0, 0.05) is 22.3 Å². The molecule has 1 amide bonds. The van der Waals surface area contributed by atoms with E-state index in [0.717, 1.165) is 10.5 Å². The number of hydrogen-bond acceptors (Lipinski definition) is 3. The standard InChI is InChI=1S/C18H18Cl2N2O3/c1-11(22(2)9-12-3-4-13(19)7-15(12)20)18(23)21-14-5-6-16-17(8-14)25-10-24-16/h3-8,11H,9-10H2,1-2H3,(H,21,23)/p+1/t11-/m0/s1. The van der Waals surface area contributed by atoms with Gasteiger partial charge in [-0.15, -0.1) is 0 Å². The van der Waals surface area contributed by atoms with Crippen LogP contribution < -0.4 is 19.7 Å². The minimum atomic E-state index is -0.267. The highest BCUT2D eigenvalue weighted by Crippen LogP contribution is 2.34. The first kappa shape index (κ1) is 17.9. The van der Waals surface area contributed by atoms with Gasteiger partial charge >= 0.3 is 0 Å². The highest BCUT2D eigenvalue weighted by atomic mass is 35.5. The highest BCUT2D eigenvalue weighted by molar-refractivity contribution is 6.35. The molecule has 7 heteroatoms. The summed E-state index contributed by atoms with van der Waals surface area (Å²) in [7, 11) is 1.95. The van der Waals surface area contributed by atoms with Crippen LogP contribution in [0.3, 0.4) is 0 Å². The lowest BCUT2D eigenvalue weighted by atomic mass is 10.2. The van der Waals surface area contributed by atoms with Crippen molar-refractivity contribution in [2.24, 2.45) is 0 Å². The number of fused-ring (bicyclic) bond motifs is 1. The third-order valence-electron chi connectivity index (χ3n) is 4.26. The van der Waals surface area contributed by atoms with E-state index in [1.165, 1.54) is 0 Å². The molecule has 0 bridgehead atoms. The average Bonchev–Trinajstić information content (AvgIpc) is 3.04. The third kappa shape index (κ3) is 4.18. The summed E-state index contributed by atoms with van der Waals surface area (Å²) in [5.74, 6) is 1.24. The molecule has 0 radical (unpaired) electrons. The van der Waals surface area contributed by atoms with Crippen molar-refractivity contribution in [2.45, 2.75) is 19.5 Å². The van der Waals surface area contributed by atoms with E-state index in [0.29, 0.717) is 33.8 Å². The SMILES string of the molecule is C[C@@H](C(=O)Nc1ccc2c(c1)OCO2)[NH+](C)Cc1ccc(Cl)cc1Cl. The number of anilines is 1. The lowest BCUT2D eigenvalue weighted by molar-refractivity contribution is -0.907. The number of likely N-dealkylation sites (N-methyl/N-ethyl adjacent to an activating group) is 1. The zero-order valence-electron chi connectivity index (χ0n) is 13.9. The van der Waals surface area contributed by atoms with E-state index < -0.39 is 0 Å². The molecule has 2 N–H and O–H groups in total. The third-order valence-corrected chi connectivity index (χ3v) is 4.84. The van der Waals surface area contributed by atoms with Gasteiger partial charge in [0.15, 0.2) is 17.5 Å². The lowest BCUT2D eigenvalue weighted by Gasteiger charge is -2.21. The fourth-order valence-corrected chi connectivity index (χ4v) is 3.04. The van der Waals surface area contributed by atoms with Crippen LogP contribution in [-0.2, 0) is 11.3 Å². The van der Waals surface area contributed by atoms with Crippen molar-refractivity contribution in [2.75, 3.05) is 19.2 Å². The smallest absolute Gasteiger partial charge is 0.282 e. The Hall–Kier alpha value is -1.95. The molecule has 0 aromatic heterocycles. The summed E-state index contributed by atoms with van der Waals surface area (Å²) >= 11 is 12.1. The van der Waals surface area contributed by atoms with E-state index in [1.54, 1.807) is 30.3 Å². The van der Waals surface area contributed by atoms with Crippen LogP contribution in [0.4, 0.5) is 5.69 Å². The predicted octanol–water partition coefficient (Wildman–Crippen LogP) is 2.76.